The molecule has 49 heavy (non-hydrogen) atoms. The van der Waals surface area contributed by atoms with Gasteiger partial charge in [0.25, 0.3) is 62.0 Å². The molecular weight excluding hydrogens is 708 g/mol. The Bertz CT molecular complexity index is 1730. The second kappa shape index (κ2) is 13.0. The summed E-state index contributed by atoms with van der Waals surface area (Å²) >= 11 is 0. The first-order chi connectivity index (χ1) is 22.6. The lowest BCUT2D eigenvalue weighted by molar-refractivity contribution is -0.209. The summed E-state index contributed by atoms with van der Waals surface area (Å²) in [5, 5.41) is 3.68. The van der Waals surface area contributed by atoms with Gasteiger partial charge in [0.05, 0.1) is 12.8 Å². The van der Waals surface area contributed by atoms with Gasteiger partial charge in [0.15, 0.2) is 10.5 Å². The van der Waals surface area contributed by atoms with Crippen molar-refractivity contribution in [1.82, 2.24) is 19.6 Å². The molecule has 4 aliphatic heterocycles. The molecule has 4 rings (SSSR count). The lowest BCUT2D eigenvalue weighted by atomic mass is 9.96. The van der Waals surface area contributed by atoms with Gasteiger partial charge in [0.1, 0.15) is 0 Å². The smallest absolute Gasteiger partial charge is 0.357 e. The molecule has 0 aromatic heterocycles. The van der Waals surface area contributed by atoms with Crippen LogP contribution in [0.1, 0.15) is 44.9 Å². The number of nitrogens with zero attached hydrogens (tertiary/aromatic N) is 4. The second-order valence-corrected chi connectivity index (χ2v) is 14.0. The highest BCUT2D eigenvalue weighted by molar-refractivity contribution is 7.87. The summed E-state index contributed by atoms with van der Waals surface area (Å²) < 4.78 is 72.8. The molecule has 24 heteroatoms. The fourth-order valence-corrected chi connectivity index (χ4v) is 6.98. The predicted molar refractivity (Wildman–Crippen MR) is 149 cm³/mol. The number of carbonyl (C=O) groups is 10. The number of imide groups is 4. The van der Waals surface area contributed by atoms with Gasteiger partial charge >= 0.3 is 11.9 Å². The van der Waals surface area contributed by atoms with Gasteiger partial charge in [-0.15, -0.1) is 0 Å². The Kier molecular flexibility index (Phi) is 9.73. The Morgan fingerprint density at radius 3 is 1.43 bits per heavy atom. The van der Waals surface area contributed by atoms with Crippen molar-refractivity contribution in [1.29, 1.82) is 0 Å². The zero-order valence-corrected chi connectivity index (χ0v) is 26.2. The average molecular weight is 733 g/mol. The fourth-order valence-electron chi connectivity index (χ4n) is 5.55. The number of aliphatic carboxylic acids is 1. The molecule has 2 unspecified atom stereocenters. The Morgan fingerprint density at radius 1 is 0.714 bits per heavy atom. The van der Waals surface area contributed by atoms with Gasteiger partial charge in [-0.05, 0) is 12.8 Å². The molecule has 0 saturated carbocycles. The molecule has 2 saturated heterocycles. The summed E-state index contributed by atoms with van der Waals surface area (Å²) in [6.07, 6.45) is -5.67. The van der Waals surface area contributed by atoms with Gasteiger partial charge in [0.2, 0.25) is 17.5 Å². The van der Waals surface area contributed by atoms with Crippen molar-refractivity contribution in [2.45, 2.75) is 67.5 Å². The minimum absolute atomic E-state index is 0.0293. The van der Waals surface area contributed by atoms with E-state index in [1.807, 2.05) is 0 Å². The minimum atomic E-state index is -5.47. The van der Waals surface area contributed by atoms with E-state index in [0.29, 0.717) is 24.3 Å². The molecule has 0 aliphatic carbocycles. The van der Waals surface area contributed by atoms with Gasteiger partial charge < -0.3 is 9.84 Å². The van der Waals surface area contributed by atoms with E-state index in [2.05, 4.69) is 0 Å². The van der Waals surface area contributed by atoms with Crippen LogP contribution in [-0.2, 0) is 72.9 Å². The number of hydrogen-bond acceptors (Lipinski definition) is 15. The monoisotopic (exact) mass is 732 g/mol. The van der Waals surface area contributed by atoms with Crippen LogP contribution in [0.3, 0.4) is 0 Å². The van der Waals surface area contributed by atoms with Crippen molar-refractivity contribution in [3.8, 4) is 0 Å². The van der Waals surface area contributed by atoms with Crippen LogP contribution in [0, 0.1) is 0 Å². The summed E-state index contributed by atoms with van der Waals surface area (Å²) in [6, 6.07) is 0. The van der Waals surface area contributed by atoms with Crippen LogP contribution in [-0.4, -0.2) is 132 Å². The molecule has 0 bridgehead atoms. The highest BCUT2D eigenvalue weighted by Crippen LogP contribution is 2.40. The average Bonchev–Trinajstić information content (AvgIpc) is 3.68. The van der Waals surface area contributed by atoms with Crippen LogP contribution in [0.15, 0.2) is 24.3 Å². The first-order valence-electron chi connectivity index (χ1n) is 13.8. The maximum absolute atomic E-state index is 14.5. The Morgan fingerprint density at radius 2 is 1.10 bits per heavy atom. The van der Waals surface area contributed by atoms with Crippen molar-refractivity contribution in [2.75, 3.05) is 0 Å². The Balaban J connectivity index is 1.95. The molecule has 0 spiro atoms. The number of ether oxygens (including phenoxy) is 1. The van der Waals surface area contributed by atoms with Crippen LogP contribution in [0.5, 0.6) is 0 Å². The predicted octanol–water partition coefficient (Wildman–Crippen LogP) is -3.57. The van der Waals surface area contributed by atoms with Gasteiger partial charge in [-0.3, -0.25) is 52.3 Å². The molecule has 264 valence electrons. The van der Waals surface area contributed by atoms with Crippen molar-refractivity contribution >= 4 is 79.4 Å². The molecule has 0 radical (unpaired) electrons. The summed E-state index contributed by atoms with van der Waals surface area (Å²) in [5.74, 6) is -15.9. The summed E-state index contributed by atoms with van der Waals surface area (Å²) in [5.41, 5.74) is -3.60. The number of carbonyl (C=O) groups excluding carboxylic acids is 9. The van der Waals surface area contributed by atoms with E-state index in [9.17, 15) is 73.9 Å². The van der Waals surface area contributed by atoms with Crippen molar-refractivity contribution < 1.29 is 83.7 Å². The maximum atomic E-state index is 14.5. The lowest BCUT2D eigenvalue weighted by Gasteiger charge is -2.44. The van der Waals surface area contributed by atoms with E-state index in [-0.39, 0.29) is 32.4 Å². The number of amides is 8. The van der Waals surface area contributed by atoms with Crippen LogP contribution in [0.4, 0.5) is 0 Å². The quantitative estimate of drug-likeness (QED) is 0.0673. The van der Waals surface area contributed by atoms with Gasteiger partial charge in [-0.1, -0.05) is 6.42 Å². The minimum Gasteiger partial charge on any atom is -0.481 e. The highest BCUT2D eigenvalue weighted by atomic mass is 32.2. The number of carboxylic acid groups (broad SMARTS) is 1. The van der Waals surface area contributed by atoms with Crippen molar-refractivity contribution in [3.05, 3.63) is 24.3 Å². The number of hydrogen-bond donors (Lipinski definition) is 3. The van der Waals surface area contributed by atoms with E-state index in [4.69, 9.17) is 9.84 Å². The number of rotatable bonds is 14. The zero-order valence-electron chi connectivity index (χ0n) is 24.6. The van der Waals surface area contributed by atoms with E-state index in [0.717, 1.165) is 0 Å². The van der Waals surface area contributed by atoms with Crippen LogP contribution in [0.2, 0.25) is 0 Å². The van der Waals surface area contributed by atoms with Gasteiger partial charge in [-0.2, -0.15) is 16.8 Å². The summed E-state index contributed by atoms with van der Waals surface area (Å²) in [4.78, 5) is 129. The zero-order chi connectivity index (χ0) is 36.8. The third-order valence-electron chi connectivity index (χ3n) is 7.75. The van der Waals surface area contributed by atoms with Crippen molar-refractivity contribution in [2.24, 2.45) is 0 Å². The first kappa shape index (κ1) is 36.6. The maximum Gasteiger partial charge on any atom is 0.357 e. The van der Waals surface area contributed by atoms with Crippen LogP contribution < -0.4 is 0 Å². The van der Waals surface area contributed by atoms with Crippen LogP contribution in [0.25, 0.3) is 0 Å². The Labute approximate surface area is 274 Å². The fraction of sp³-hybridized carbons (Fsp3) is 0.440. The van der Waals surface area contributed by atoms with E-state index in [1.165, 1.54) is 0 Å². The molecule has 0 aromatic rings. The molecule has 4 heterocycles. The van der Waals surface area contributed by atoms with E-state index < -0.39 is 134 Å². The summed E-state index contributed by atoms with van der Waals surface area (Å²) in [6.45, 7) is 0. The third-order valence-corrected chi connectivity index (χ3v) is 9.93. The molecule has 4 aliphatic rings. The van der Waals surface area contributed by atoms with E-state index >= 15 is 0 Å². The molecular formula is C25H24N4O18S2. The topological polar surface area (TPSA) is 322 Å². The molecule has 8 amide bonds. The number of likely N-dealkylation sites (tertiary alicyclic amines) is 2. The molecule has 0 aromatic carbocycles. The van der Waals surface area contributed by atoms with Crippen molar-refractivity contribution in [3.63, 3.8) is 0 Å². The van der Waals surface area contributed by atoms with Gasteiger partial charge in [0, 0.05) is 37.1 Å². The molecule has 22 nitrogen and oxygen atoms in total. The second-order valence-electron chi connectivity index (χ2n) is 10.8. The van der Waals surface area contributed by atoms with Gasteiger partial charge in [-0.25, -0.2) is 24.4 Å². The third kappa shape index (κ3) is 6.61. The molecule has 2 fully saturated rings. The molecule has 3 N–H and O–H groups in total. The standard InChI is InChI=1S/C25H24N4O18S2/c30-14-5-6-15(31)26(14)24(27-16(32)7-8-17(27)33)47-23(40)25(9-3-1-2-4-20(36)37,28-18(34)10-12(21(28)38)48(41,42)43)29-19(35)11-13(22(29)39)49(44,45)46/h5-8,12-13,24H,1-4,9-11H2,(H,36,37)(H,41,42,43)(H,44,45,46). The SMILES string of the molecule is O=C(O)CCCCCC(C(=O)OC(N1C(=O)C=CC1=O)N1C(=O)C=CC1=O)(N1C(=O)CC(S(=O)(=O)O)C1=O)N1C(=O)CC(S(=O)(=O)O)C1=O. The number of unbranched alkanes of at least 4 members (excludes halogenated alkanes) is 2. The first-order valence-corrected chi connectivity index (χ1v) is 16.8. The highest BCUT2D eigenvalue weighted by Gasteiger charge is 2.67. The summed E-state index contributed by atoms with van der Waals surface area (Å²) in [7, 11) is -10.9. The Hall–Kier alpha value is -5.20. The molecule has 2 atom stereocenters. The normalized spacial score (nSPS) is 22.8. The lowest BCUT2D eigenvalue weighted by Crippen LogP contribution is -2.71. The number of esters is 1. The number of carboxylic acids is 1. The largest absolute Gasteiger partial charge is 0.481 e. The van der Waals surface area contributed by atoms with E-state index in [1.54, 1.807) is 0 Å². The van der Waals surface area contributed by atoms with Crippen LogP contribution >= 0.6 is 0 Å².